The first-order valence-corrected chi connectivity index (χ1v) is 14.9. The van der Waals surface area contributed by atoms with Crippen LogP contribution in [0.25, 0.3) is 11.1 Å². The van der Waals surface area contributed by atoms with Crippen molar-refractivity contribution < 1.29 is 50.0 Å². The standard InChI is InChI=1S/C28H39F3O3.C6H2F4O/c1-7-18(4)15-32-22-12-26(33-16-19(5)8-2)28(27(13-22)34-17-20(6)9-3)21-10-24(30)23(14-29)25(31)11-21;7-4-1-3(11-10)2-5(8)6(4)9/h10-13,18-20H,7-9,14-17H2,1-6H3;1-2H/t18-,19-,20-;/m0./s1. The second-order valence-electron chi connectivity index (χ2n) is 11.1. The van der Waals surface area contributed by atoms with Crippen LogP contribution in [0.3, 0.4) is 0 Å². The van der Waals surface area contributed by atoms with Gasteiger partial charge < -0.3 is 14.2 Å². The predicted molar refractivity (Wildman–Crippen MR) is 160 cm³/mol. The van der Waals surface area contributed by atoms with Gasteiger partial charge in [0.2, 0.25) is 0 Å². The highest BCUT2D eigenvalue weighted by Gasteiger charge is 2.22. The van der Waals surface area contributed by atoms with Gasteiger partial charge in [-0.2, -0.15) is 0 Å². The van der Waals surface area contributed by atoms with E-state index in [0.717, 1.165) is 31.4 Å². The summed E-state index contributed by atoms with van der Waals surface area (Å²) in [5, 5.41) is 0. The quantitative estimate of drug-likeness (QED) is 0.122. The molecule has 0 spiro atoms. The Kier molecular flexibility index (Phi) is 15.3. The molecular weight excluding hydrogens is 605 g/mol. The lowest BCUT2D eigenvalue weighted by molar-refractivity contribution is -0.00711. The first kappa shape index (κ1) is 37.6. The molecular formula is C34H41F7O4. The van der Waals surface area contributed by atoms with Gasteiger partial charge in [-0.05, 0) is 35.4 Å². The maximum atomic E-state index is 14.5. The topological polar surface area (TPSA) is 36.9 Å². The minimum absolute atomic E-state index is 0.235. The summed E-state index contributed by atoms with van der Waals surface area (Å²) in [6, 6.07) is 6.57. The van der Waals surface area contributed by atoms with Crippen LogP contribution in [0, 0.1) is 46.8 Å². The van der Waals surface area contributed by atoms with Gasteiger partial charge in [0, 0.05) is 28.8 Å². The highest BCUT2D eigenvalue weighted by Crippen LogP contribution is 2.43. The van der Waals surface area contributed by atoms with Gasteiger partial charge in [-0.3, -0.25) is 4.94 Å². The maximum Gasteiger partial charge on any atom is 0.194 e. The molecule has 0 unspecified atom stereocenters. The van der Waals surface area contributed by atoms with Crippen molar-refractivity contribution in [2.45, 2.75) is 67.5 Å². The number of halogens is 7. The van der Waals surface area contributed by atoms with Crippen LogP contribution in [0.1, 0.15) is 66.4 Å². The third-order valence-electron chi connectivity index (χ3n) is 7.32. The summed E-state index contributed by atoms with van der Waals surface area (Å²) in [6.45, 7) is 12.7. The zero-order valence-electron chi connectivity index (χ0n) is 26.4. The molecule has 11 heteroatoms. The van der Waals surface area contributed by atoms with Crippen molar-refractivity contribution >= 4 is 0 Å². The summed E-state index contributed by atoms with van der Waals surface area (Å²) < 4.78 is 108. The largest absolute Gasteiger partial charge is 0.493 e. The van der Waals surface area contributed by atoms with Crippen LogP contribution in [0.5, 0.6) is 23.0 Å². The van der Waals surface area contributed by atoms with Crippen LogP contribution in [-0.4, -0.2) is 19.8 Å². The lowest BCUT2D eigenvalue weighted by Crippen LogP contribution is -2.12. The van der Waals surface area contributed by atoms with Gasteiger partial charge in [0.05, 0.1) is 30.9 Å². The SMILES string of the molecule is CC[C@H](C)COc1cc(OC[C@@H](C)CC)c(-c2cc(F)c(CF)c(F)c2)c(OC[C@@H](C)CC)c1.FOc1cc(F)c(F)c(F)c1. The Bertz CT molecular complexity index is 1290. The summed E-state index contributed by atoms with van der Waals surface area (Å²) >= 11 is 0. The Morgan fingerprint density at radius 3 is 1.38 bits per heavy atom. The van der Waals surface area contributed by atoms with Gasteiger partial charge >= 0.3 is 0 Å². The minimum Gasteiger partial charge on any atom is -0.493 e. The molecule has 0 aliphatic carbocycles. The van der Waals surface area contributed by atoms with Gasteiger partial charge in [0.15, 0.2) is 23.2 Å². The van der Waals surface area contributed by atoms with Crippen molar-refractivity contribution in [1.82, 2.24) is 0 Å². The van der Waals surface area contributed by atoms with Crippen LogP contribution in [-0.2, 0) is 6.67 Å². The van der Waals surface area contributed by atoms with Crippen LogP contribution in [0.15, 0.2) is 36.4 Å². The molecule has 0 saturated carbocycles. The number of alkyl halides is 1. The minimum atomic E-state index is -1.65. The number of rotatable bonds is 15. The zero-order chi connectivity index (χ0) is 33.7. The molecule has 0 N–H and O–H groups in total. The molecule has 4 nitrogen and oxygen atoms in total. The molecule has 45 heavy (non-hydrogen) atoms. The average molecular weight is 647 g/mol. The molecule has 3 aromatic carbocycles. The van der Waals surface area contributed by atoms with E-state index in [0.29, 0.717) is 60.7 Å². The van der Waals surface area contributed by atoms with Crippen LogP contribution in [0.4, 0.5) is 30.9 Å². The van der Waals surface area contributed by atoms with E-state index in [-0.39, 0.29) is 17.4 Å². The van der Waals surface area contributed by atoms with Crippen LogP contribution >= 0.6 is 0 Å². The number of hydrogen-bond donors (Lipinski definition) is 0. The third-order valence-corrected chi connectivity index (χ3v) is 7.32. The fourth-order valence-electron chi connectivity index (χ4n) is 3.67. The summed E-state index contributed by atoms with van der Waals surface area (Å²) in [6.07, 6.45) is 2.82. The fraction of sp³-hybridized carbons (Fsp3) is 0.471. The molecule has 0 heterocycles. The predicted octanol–water partition coefficient (Wildman–Crippen LogP) is 10.7. The van der Waals surface area contributed by atoms with Gasteiger partial charge in [0.25, 0.3) is 0 Å². The molecule has 0 aliphatic rings. The molecule has 3 rings (SSSR count). The Balaban J connectivity index is 0.000000537. The summed E-state index contributed by atoms with van der Waals surface area (Å²) in [7, 11) is 0. The molecule has 0 aromatic heterocycles. The van der Waals surface area contributed by atoms with E-state index in [1.165, 1.54) is 0 Å². The average Bonchev–Trinajstić information content (AvgIpc) is 3.03. The van der Waals surface area contributed by atoms with Crippen molar-refractivity contribution in [3.05, 3.63) is 71.0 Å². The van der Waals surface area contributed by atoms with Crippen molar-refractivity contribution in [2.75, 3.05) is 19.8 Å². The molecule has 0 amide bonds. The number of hydrogen-bond acceptors (Lipinski definition) is 4. The molecule has 3 atom stereocenters. The molecule has 0 saturated heterocycles. The Morgan fingerprint density at radius 1 is 0.578 bits per heavy atom. The number of ether oxygens (including phenoxy) is 3. The van der Waals surface area contributed by atoms with Gasteiger partial charge in [0.1, 0.15) is 35.6 Å². The van der Waals surface area contributed by atoms with E-state index < -0.39 is 47.1 Å². The second kappa shape index (κ2) is 18.4. The van der Waals surface area contributed by atoms with E-state index in [2.05, 4.69) is 46.5 Å². The fourth-order valence-corrected chi connectivity index (χ4v) is 3.67. The Hall–Kier alpha value is -3.63. The van der Waals surface area contributed by atoms with E-state index >= 15 is 0 Å². The molecule has 250 valence electrons. The Labute approximate surface area is 260 Å². The molecule has 0 aliphatic heterocycles. The molecule has 0 radical (unpaired) electrons. The number of benzene rings is 3. The second-order valence-corrected chi connectivity index (χ2v) is 11.1. The monoisotopic (exact) mass is 646 g/mol. The highest BCUT2D eigenvalue weighted by molar-refractivity contribution is 5.78. The smallest absolute Gasteiger partial charge is 0.194 e. The van der Waals surface area contributed by atoms with E-state index in [1.807, 2.05) is 0 Å². The maximum absolute atomic E-state index is 14.5. The lowest BCUT2D eigenvalue weighted by atomic mass is 10.00. The van der Waals surface area contributed by atoms with Gasteiger partial charge in [-0.25, -0.2) is 26.3 Å². The van der Waals surface area contributed by atoms with Crippen molar-refractivity contribution in [1.29, 1.82) is 0 Å². The van der Waals surface area contributed by atoms with E-state index in [1.54, 1.807) is 12.1 Å². The normalized spacial score (nSPS) is 12.9. The van der Waals surface area contributed by atoms with Gasteiger partial charge in [-0.15, -0.1) is 0 Å². The molecule has 0 bridgehead atoms. The summed E-state index contributed by atoms with van der Waals surface area (Å²) in [5.41, 5.74) is 0.0890. The van der Waals surface area contributed by atoms with E-state index in [9.17, 15) is 30.9 Å². The molecule has 3 aromatic rings. The van der Waals surface area contributed by atoms with Crippen LogP contribution < -0.4 is 19.2 Å². The first-order chi connectivity index (χ1) is 21.4. The third kappa shape index (κ3) is 11.0. The molecule has 0 fully saturated rings. The first-order valence-electron chi connectivity index (χ1n) is 14.9. The Morgan fingerprint density at radius 2 is 1.00 bits per heavy atom. The van der Waals surface area contributed by atoms with Crippen molar-refractivity contribution in [3.8, 4) is 34.1 Å². The summed E-state index contributed by atoms with van der Waals surface area (Å²) in [4.78, 5) is 2.98. The van der Waals surface area contributed by atoms with Crippen molar-refractivity contribution in [2.24, 2.45) is 17.8 Å². The van der Waals surface area contributed by atoms with E-state index in [4.69, 9.17) is 14.2 Å². The summed E-state index contributed by atoms with van der Waals surface area (Å²) in [5.74, 6) is -4.85. The lowest BCUT2D eigenvalue weighted by Gasteiger charge is -2.22. The van der Waals surface area contributed by atoms with Gasteiger partial charge in [-0.1, -0.05) is 60.8 Å². The van der Waals surface area contributed by atoms with Crippen LogP contribution in [0.2, 0.25) is 0 Å². The zero-order valence-corrected chi connectivity index (χ0v) is 26.4. The highest BCUT2D eigenvalue weighted by atomic mass is 19.3. The van der Waals surface area contributed by atoms with Crippen molar-refractivity contribution in [3.63, 3.8) is 0 Å².